The van der Waals surface area contributed by atoms with Gasteiger partial charge in [0.2, 0.25) is 0 Å². The van der Waals surface area contributed by atoms with E-state index < -0.39 is 0 Å². The molecule has 0 aromatic heterocycles. The number of allylic oxidation sites excluding steroid dienone is 1. The van der Waals surface area contributed by atoms with Gasteiger partial charge in [-0.25, -0.2) is 0 Å². The van der Waals surface area contributed by atoms with Crippen molar-refractivity contribution in [3.05, 3.63) is 69.8 Å². The van der Waals surface area contributed by atoms with Gasteiger partial charge in [0.1, 0.15) is 0 Å². The van der Waals surface area contributed by atoms with Gasteiger partial charge in [0.15, 0.2) is 5.78 Å². The van der Waals surface area contributed by atoms with Crippen molar-refractivity contribution in [1.29, 1.82) is 0 Å². The number of benzene rings is 2. The average molecular weight is 301 g/mol. The van der Waals surface area contributed by atoms with E-state index in [4.69, 9.17) is 11.6 Å². The molecule has 0 heterocycles. The standard InChI is InChI=1S/C17H13ClOS/c1-20-13-7-5-11(6-8-13)9-12-10-15-14(17(12)19)3-2-4-16(15)18/h2-9H,10H2,1H3/b12-9-. The zero-order valence-corrected chi connectivity index (χ0v) is 12.6. The van der Waals surface area contributed by atoms with Crippen LogP contribution in [0.25, 0.3) is 6.08 Å². The fraction of sp³-hybridized carbons (Fsp3) is 0.118. The normalized spacial score (nSPS) is 15.7. The third kappa shape index (κ3) is 2.41. The Hall–Kier alpha value is -1.51. The number of carbonyl (C=O) groups is 1. The van der Waals surface area contributed by atoms with Crippen molar-refractivity contribution in [2.45, 2.75) is 11.3 Å². The van der Waals surface area contributed by atoms with E-state index in [-0.39, 0.29) is 5.78 Å². The largest absolute Gasteiger partial charge is 0.289 e. The van der Waals surface area contributed by atoms with Crippen LogP contribution in [0.1, 0.15) is 21.5 Å². The van der Waals surface area contributed by atoms with E-state index in [0.717, 1.165) is 22.3 Å². The van der Waals surface area contributed by atoms with E-state index in [1.807, 2.05) is 42.7 Å². The molecule has 100 valence electrons. The molecular formula is C17H13ClOS. The first-order valence-corrected chi connectivity index (χ1v) is 7.96. The highest BCUT2D eigenvalue weighted by Crippen LogP contribution is 2.32. The van der Waals surface area contributed by atoms with Crippen molar-refractivity contribution in [2.24, 2.45) is 0 Å². The van der Waals surface area contributed by atoms with Gasteiger partial charge in [-0.1, -0.05) is 35.9 Å². The maximum atomic E-state index is 12.3. The molecule has 0 radical (unpaired) electrons. The monoisotopic (exact) mass is 300 g/mol. The van der Waals surface area contributed by atoms with Gasteiger partial charge >= 0.3 is 0 Å². The third-order valence-corrected chi connectivity index (χ3v) is 4.58. The van der Waals surface area contributed by atoms with Gasteiger partial charge in [-0.05, 0) is 41.7 Å². The second-order valence-corrected chi connectivity index (χ2v) is 6.00. The van der Waals surface area contributed by atoms with Crippen LogP contribution in [0.4, 0.5) is 0 Å². The van der Waals surface area contributed by atoms with E-state index in [9.17, 15) is 4.79 Å². The van der Waals surface area contributed by atoms with Gasteiger partial charge < -0.3 is 0 Å². The maximum Gasteiger partial charge on any atom is 0.189 e. The molecule has 2 aromatic rings. The molecule has 1 nitrogen and oxygen atoms in total. The molecule has 0 spiro atoms. The average Bonchev–Trinajstić information content (AvgIpc) is 2.79. The number of fused-ring (bicyclic) bond motifs is 1. The fourth-order valence-corrected chi connectivity index (χ4v) is 3.06. The minimum absolute atomic E-state index is 0.0939. The Bertz CT molecular complexity index is 701. The predicted molar refractivity (Wildman–Crippen MR) is 85.7 cm³/mol. The number of halogens is 1. The number of ketones is 1. The quantitative estimate of drug-likeness (QED) is 0.580. The minimum atomic E-state index is 0.0939. The molecule has 1 aliphatic rings. The molecular weight excluding hydrogens is 288 g/mol. The molecule has 3 rings (SSSR count). The lowest BCUT2D eigenvalue weighted by atomic mass is 10.1. The molecule has 0 bridgehead atoms. The van der Waals surface area contributed by atoms with E-state index >= 15 is 0 Å². The van der Waals surface area contributed by atoms with Crippen molar-refractivity contribution in [1.82, 2.24) is 0 Å². The molecule has 0 saturated heterocycles. The number of hydrogen-bond donors (Lipinski definition) is 0. The SMILES string of the molecule is CSc1ccc(/C=C2/Cc3c(Cl)cccc3C2=O)cc1. The Labute approximate surface area is 127 Å². The fourth-order valence-electron chi connectivity index (χ4n) is 2.41. The molecule has 1 aliphatic carbocycles. The number of carbonyl (C=O) groups excluding carboxylic acids is 1. The second kappa shape index (κ2) is 5.47. The lowest BCUT2D eigenvalue weighted by molar-refractivity contribution is 0.104. The number of rotatable bonds is 2. The van der Waals surface area contributed by atoms with Crippen molar-refractivity contribution in [3.8, 4) is 0 Å². The Morgan fingerprint density at radius 3 is 2.55 bits per heavy atom. The summed E-state index contributed by atoms with van der Waals surface area (Å²) in [5.74, 6) is 0.0939. The number of thioether (sulfide) groups is 1. The van der Waals surface area contributed by atoms with Gasteiger partial charge in [-0.15, -0.1) is 11.8 Å². The van der Waals surface area contributed by atoms with E-state index in [1.165, 1.54) is 4.90 Å². The highest BCUT2D eigenvalue weighted by atomic mass is 35.5. The lowest BCUT2D eigenvalue weighted by Gasteiger charge is -1.99. The van der Waals surface area contributed by atoms with Crippen LogP contribution in [0.3, 0.4) is 0 Å². The first-order valence-electron chi connectivity index (χ1n) is 6.36. The molecule has 0 amide bonds. The van der Waals surface area contributed by atoms with Crippen molar-refractivity contribution < 1.29 is 4.79 Å². The number of Topliss-reactive ketones (excluding diaryl/α,β-unsaturated/α-hetero) is 1. The summed E-state index contributed by atoms with van der Waals surface area (Å²) in [6, 6.07) is 13.7. The summed E-state index contributed by atoms with van der Waals surface area (Å²) in [4.78, 5) is 13.6. The van der Waals surface area contributed by atoms with Crippen LogP contribution in [-0.2, 0) is 6.42 Å². The highest BCUT2D eigenvalue weighted by molar-refractivity contribution is 7.98. The van der Waals surface area contributed by atoms with Crippen molar-refractivity contribution in [2.75, 3.05) is 6.26 Å². The lowest BCUT2D eigenvalue weighted by Crippen LogP contribution is -1.94. The first-order chi connectivity index (χ1) is 9.69. The van der Waals surface area contributed by atoms with Gasteiger partial charge in [-0.3, -0.25) is 4.79 Å². The zero-order valence-electron chi connectivity index (χ0n) is 11.0. The highest BCUT2D eigenvalue weighted by Gasteiger charge is 2.26. The molecule has 3 heteroatoms. The van der Waals surface area contributed by atoms with Gasteiger partial charge in [-0.2, -0.15) is 0 Å². The minimum Gasteiger partial charge on any atom is -0.289 e. The molecule has 2 aromatic carbocycles. The van der Waals surface area contributed by atoms with Crippen LogP contribution in [0.5, 0.6) is 0 Å². The van der Waals surface area contributed by atoms with E-state index in [0.29, 0.717) is 11.4 Å². The molecule has 20 heavy (non-hydrogen) atoms. The summed E-state index contributed by atoms with van der Waals surface area (Å²) in [5, 5.41) is 0.678. The molecule has 0 atom stereocenters. The number of hydrogen-bond acceptors (Lipinski definition) is 2. The Morgan fingerprint density at radius 2 is 1.90 bits per heavy atom. The van der Waals surface area contributed by atoms with Crippen molar-refractivity contribution >= 4 is 35.2 Å². The summed E-state index contributed by atoms with van der Waals surface area (Å²) >= 11 is 7.87. The van der Waals surface area contributed by atoms with Crippen molar-refractivity contribution in [3.63, 3.8) is 0 Å². The molecule has 0 fully saturated rings. The van der Waals surface area contributed by atoms with Crippen LogP contribution in [0.15, 0.2) is 52.9 Å². The van der Waals surface area contributed by atoms with Gasteiger partial charge in [0.05, 0.1) is 0 Å². The first kappa shape index (κ1) is 13.5. The molecule has 0 unspecified atom stereocenters. The summed E-state index contributed by atoms with van der Waals surface area (Å²) in [6.45, 7) is 0. The molecule has 0 aliphatic heterocycles. The van der Waals surface area contributed by atoms with Crippen LogP contribution in [0.2, 0.25) is 5.02 Å². The summed E-state index contributed by atoms with van der Waals surface area (Å²) in [7, 11) is 0. The van der Waals surface area contributed by atoms with Crippen LogP contribution in [0, 0.1) is 0 Å². The Kier molecular flexibility index (Phi) is 3.68. The molecule has 0 saturated carbocycles. The van der Waals surface area contributed by atoms with Gasteiger partial charge in [0.25, 0.3) is 0 Å². The zero-order chi connectivity index (χ0) is 14.1. The van der Waals surface area contributed by atoms with E-state index in [1.54, 1.807) is 11.8 Å². The smallest absolute Gasteiger partial charge is 0.189 e. The maximum absolute atomic E-state index is 12.3. The Balaban J connectivity index is 1.95. The van der Waals surface area contributed by atoms with E-state index in [2.05, 4.69) is 12.1 Å². The topological polar surface area (TPSA) is 17.1 Å². The van der Waals surface area contributed by atoms with Gasteiger partial charge in [0, 0.05) is 27.5 Å². The third-order valence-electron chi connectivity index (χ3n) is 3.48. The summed E-state index contributed by atoms with van der Waals surface area (Å²) in [5.41, 5.74) is 3.55. The second-order valence-electron chi connectivity index (χ2n) is 4.71. The predicted octanol–water partition coefficient (Wildman–Crippen LogP) is 4.88. The van der Waals surface area contributed by atoms with Crippen LogP contribution < -0.4 is 0 Å². The summed E-state index contributed by atoms with van der Waals surface area (Å²) < 4.78 is 0. The Morgan fingerprint density at radius 1 is 1.15 bits per heavy atom. The van der Waals surface area contributed by atoms with Crippen LogP contribution >= 0.6 is 23.4 Å². The van der Waals surface area contributed by atoms with Crippen LogP contribution in [-0.4, -0.2) is 12.0 Å². The molecule has 0 N–H and O–H groups in total. The summed E-state index contributed by atoms with van der Waals surface area (Å²) in [6.07, 6.45) is 4.63.